The zero-order valence-corrected chi connectivity index (χ0v) is 15.3. The van der Waals surface area contributed by atoms with E-state index in [1.165, 1.54) is 13.8 Å². The molecule has 1 atom stereocenters. The Morgan fingerprint density at radius 2 is 1.88 bits per heavy atom. The van der Waals surface area contributed by atoms with Crippen LogP contribution >= 0.6 is 0 Å². The van der Waals surface area contributed by atoms with Gasteiger partial charge in [0.15, 0.2) is 11.5 Å². The highest BCUT2D eigenvalue weighted by Gasteiger charge is 2.27. The maximum Gasteiger partial charge on any atom is 0.228 e. The predicted molar refractivity (Wildman–Crippen MR) is 95.5 cm³/mol. The summed E-state index contributed by atoms with van der Waals surface area (Å²) >= 11 is 0. The Morgan fingerprint density at radius 1 is 1.20 bits per heavy atom. The van der Waals surface area contributed by atoms with Gasteiger partial charge in [-0.3, -0.25) is 0 Å². The molecule has 0 spiro atoms. The first-order valence-corrected chi connectivity index (χ1v) is 8.50. The van der Waals surface area contributed by atoms with Crippen LogP contribution in [0, 0.1) is 12.7 Å². The van der Waals surface area contributed by atoms with Crippen LogP contribution in [0.15, 0.2) is 12.1 Å². The average molecular weight is 349 g/mol. The maximum atomic E-state index is 14.1. The molecule has 1 aromatic heterocycles. The monoisotopic (exact) mass is 349 g/mol. The van der Waals surface area contributed by atoms with Crippen LogP contribution in [0.1, 0.15) is 62.7 Å². The van der Waals surface area contributed by atoms with Crippen molar-refractivity contribution in [2.45, 2.75) is 59.2 Å². The summed E-state index contributed by atoms with van der Waals surface area (Å²) < 4.78 is 27.7. The van der Waals surface area contributed by atoms with Crippen molar-refractivity contribution in [1.82, 2.24) is 15.0 Å². The minimum atomic E-state index is -1.71. The molecule has 1 heterocycles. The number of nitrogen functional groups attached to an aromatic ring is 1. The van der Waals surface area contributed by atoms with Gasteiger partial charge in [0.25, 0.3) is 0 Å². The van der Waals surface area contributed by atoms with E-state index in [1.54, 1.807) is 13.0 Å². The second kappa shape index (κ2) is 7.29. The lowest BCUT2D eigenvalue weighted by Crippen LogP contribution is -2.19. The molecule has 136 valence electrons. The van der Waals surface area contributed by atoms with Crippen molar-refractivity contribution >= 4 is 11.9 Å². The highest BCUT2D eigenvalue weighted by molar-refractivity contribution is 5.44. The molecule has 0 amide bonds. The van der Waals surface area contributed by atoms with E-state index in [2.05, 4.69) is 20.3 Å². The summed E-state index contributed by atoms with van der Waals surface area (Å²) in [6.45, 7) is 8.46. The number of nitrogens with one attached hydrogen (secondary N) is 1. The molecular formula is C18H25F2N5. The maximum absolute atomic E-state index is 14.1. The summed E-state index contributed by atoms with van der Waals surface area (Å²) in [4.78, 5) is 12.0. The first kappa shape index (κ1) is 19.0. The van der Waals surface area contributed by atoms with Crippen LogP contribution < -0.4 is 11.1 Å². The SMILES string of the molecule is CC.Cc1cc2c(cc1F)CCC2Nc1nc(N)nc(C(C)(C)F)n1. The van der Waals surface area contributed by atoms with Crippen molar-refractivity contribution in [3.8, 4) is 0 Å². The minimum absolute atomic E-state index is 0.0130. The Bertz CT molecular complexity index is 756. The largest absolute Gasteiger partial charge is 0.368 e. The number of nitrogens with zero attached hydrogens (tertiary/aromatic N) is 3. The molecule has 1 aromatic carbocycles. The number of alkyl halides is 1. The molecule has 0 aliphatic heterocycles. The lowest BCUT2D eigenvalue weighted by molar-refractivity contribution is 0.206. The number of benzene rings is 1. The number of hydrogen-bond donors (Lipinski definition) is 2. The van der Waals surface area contributed by atoms with Gasteiger partial charge in [-0.1, -0.05) is 19.9 Å². The van der Waals surface area contributed by atoms with Gasteiger partial charge < -0.3 is 11.1 Å². The van der Waals surface area contributed by atoms with Gasteiger partial charge in [0.05, 0.1) is 6.04 Å². The van der Waals surface area contributed by atoms with Crippen LogP contribution in [0.2, 0.25) is 0 Å². The second-order valence-electron chi connectivity index (χ2n) is 6.35. The fourth-order valence-electron chi connectivity index (χ4n) is 2.77. The molecule has 1 aliphatic rings. The van der Waals surface area contributed by atoms with Gasteiger partial charge in [-0.15, -0.1) is 0 Å². The van der Waals surface area contributed by atoms with E-state index >= 15 is 0 Å². The smallest absolute Gasteiger partial charge is 0.228 e. The zero-order valence-electron chi connectivity index (χ0n) is 15.3. The standard InChI is InChI=1S/C16H19F2N5.C2H6/c1-8-6-10-9(7-11(8)17)4-5-12(10)20-15-22-13(16(2,3)18)21-14(19)23-15;1-2/h6-7,12H,4-5H2,1-3H3,(H3,19,20,21,22,23);1-2H3. The van der Waals surface area contributed by atoms with Gasteiger partial charge in [0, 0.05) is 0 Å². The van der Waals surface area contributed by atoms with Crippen molar-refractivity contribution < 1.29 is 8.78 Å². The number of halogens is 2. The molecule has 0 saturated carbocycles. The molecule has 3 rings (SSSR count). The third-order valence-corrected chi connectivity index (χ3v) is 3.99. The van der Waals surface area contributed by atoms with E-state index in [0.717, 1.165) is 24.0 Å². The summed E-state index contributed by atoms with van der Waals surface area (Å²) in [5.41, 5.74) is 6.53. The van der Waals surface area contributed by atoms with E-state index in [1.807, 2.05) is 19.9 Å². The van der Waals surface area contributed by atoms with Crippen LogP contribution in [-0.2, 0) is 12.1 Å². The van der Waals surface area contributed by atoms with Crippen LogP contribution in [0.25, 0.3) is 0 Å². The summed E-state index contributed by atoms with van der Waals surface area (Å²) in [6, 6.07) is 3.35. The van der Waals surface area contributed by atoms with E-state index in [0.29, 0.717) is 5.56 Å². The third-order valence-electron chi connectivity index (χ3n) is 3.99. The number of rotatable bonds is 3. The molecule has 3 N–H and O–H groups in total. The number of anilines is 2. The molecule has 0 radical (unpaired) electrons. The van der Waals surface area contributed by atoms with E-state index in [4.69, 9.17) is 5.73 Å². The normalized spacial score (nSPS) is 16.0. The summed E-state index contributed by atoms with van der Waals surface area (Å²) in [5, 5.41) is 3.17. The van der Waals surface area contributed by atoms with Gasteiger partial charge >= 0.3 is 0 Å². The van der Waals surface area contributed by atoms with Crippen LogP contribution in [0.5, 0.6) is 0 Å². The van der Waals surface area contributed by atoms with E-state index in [9.17, 15) is 8.78 Å². The van der Waals surface area contributed by atoms with Crippen molar-refractivity contribution in [2.24, 2.45) is 0 Å². The number of nitrogens with two attached hydrogens (primary N) is 1. The van der Waals surface area contributed by atoms with Crippen LogP contribution in [-0.4, -0.2) is 15.0 Å². The van der Waals surface area contributed by atoms with Crippen LogP contribution in [0.3, 0.4) is 0 Å². The van der Waals surface area contributed by atoms with E-state index < -0.39 is 5.67 Å². The van der Waals surface area contributed by atoms with Gasteiger partial charge in [0.1, 0.15) is 5.82 Å². The predicted octanol–water partition coefficient (Wildman–Crippen LogP) is 4.23. The highest BCUT2D eigenvalue weighted by Crippen LogP contribution is 2.35. The lowest BCUT2D eigenvalue weighted by atomic mass is 10.0. The molecule has 7 heteroatoms. The van der Waals surface area contributed by atoms with E-state index in [-0.39, 0.29) is 29.6 Å². The molecule has 25 heavy (non-hydrogen) atoms. The van der Waals surface area contributed by atoms with Crippen molar-refractivity contribution in [3.05, 3.63) is 40.5 Å². The average Bonchev–Trinajstić information content (AvgIpc) is 2.90. The molecule has 1 aliphatic carbocycles. The number of aromatic nitrogens is 3. The minimum Gasteiger partial charge on any atom is -0.368 e. The van der Waals surface area contributed by atoms with Crippen molar-refractivity contribution in [3.63, 3.8) is 0 Å². The van der Waals surface area contributed by atoms with Gasteiger partial charge in [-0.05, 0) is 56.4 Å². The summed E-state index contributed by atoms with van der Waals surface area (Å²) in [7, 11) is 0. The Hall–Kier alpha value is -2.31. The molecule has 0 saturated heterocycles. The second-order valence-corrected chi connectivity index (χ2v) is 6.35. The first-order valence-electron chi connectivity index (χ1n) is 8.50. The Labute approximate surface area is 147 Å². The Morgan fingerprint density at radius 3 is 2.52 bits per heavy atom. The lowest BCUT2D eigenvalue weighted by Gasteiger charge is -2.17. The number of hydrogen-bond acceptors (Lipinski definition) is 5. The molecule has 0 bridgehead atoms. The molecule has 2 aromatic rings. The molecule has 5 nitrogen and oxygen atoms in total. The fourth-order valence-corrected chi connectivity index (χ4v) is 2.77. The van der Waals surface area contributed by atoms with Gasteiger partial charge in [-0.25, -0.2) is 8.78 Å². The van der Waals surface area contributed by atoms with Crippen LogP contribution in [0.4, 0.5) is 20.7 Å². The van der Waals surface area contributed by atoms with Crippen molar-refractivity contribution in [2.75, 3.05) is 11.1 Å². The topological polar surface area (TPSA) is 76.7 Å². The third kappa shape index (κ3) is 4.21. The Kier molecular flexibility index (Phi) is 5.55. The summed E-state index contributed by atoms with van der Waals surface area (Å²) in [5.74, 6) is -0.00828. The van der Waals surface area contributed by atoms with Gasteiger partial charge in [0.2, 0.25) is 11.9 Å². The highest BCUT2D eigenvalue weighted by atomic mass is 19.1. The molecule has 0 fully saturated rings. The fraction of sp³-hybridized carbons (Fsp3) is 0.500. The first-order chi connectivity index (χ1) is 11.7. The molecule has 1 unspecified atom stereocenters. The Balaban J connectivity index is 0.00000109. The zero-order chi connectivity index (χ0) is 18.8. The van der Waals surface area contributed by atoms with Crippen molar-refractivity contribution in [1.29, 1.82) is 0 Å². The van der Waals surface area contributed by atoms with Gasteiger partial charge in [-0.2, -0.15) is 15.0 Å². The number of fused-ring (bicyclic) bond motifs is 1. The molecular weight excluding hydrogens is 324 g/mol. The number of aryl methyl sites for hydroxylation is 2. The summed E-state index contributed by atoms with van der Waals surface area (Å²) in [6.07, 6.45) is 1.56. The quantitative estimate of drug-likeness (QED) is 0.867.